The van der Waals surface area contributed by atoms with Gasteiger partial charge in [0.05, 0.1) is 0 Å². The van der Waals surface area contributed by atoms with Gasteiger partial charge < -0.3 is 5.32 Å². The van der Waals surface area contributed by atoms with Gasteiger partial charge in [0.1, 0.15) is 10.8 Å². The van der Waals surface area contributed by atoms with Gasteiger partial charge in [-0.25, -0.2) is 14.5 Å². The van der Waals surface area contributed by atoms with E-state index in [1.807, 2.05) is 17.5 Å². The molecule has 2 aromatic rings. The minimum absolute atomic E-state index is 0.138. The zero-order valence-corrected chi connectivity index (χ0v) is 10.9. The smallest absolute Gasteiger partial charge is 0.317 e. The molecule has 18 heavy (non-hydrogen) atoms. The lowest BCUT2D eigenvalue weighted by Gasteiger charge is -2.21. The van der Waals surface area contributed by atoms with E-state index in [0.717, 1.165) is 43.2 Å². The van der Waals surface area contributed by atoms with Crippen molar-refractivity contribution >= 4 is 11.3 Å². The van der Waals surface area contributed by atoms with Crippen molar-refractivity contribution in [3.05, 3.63) is 33.8 Å². The molecule has 3 rings (SSSR count). The van der Waals surface area contributed by atoms with E-state index in [1.165, 1.54) is 0 Å². The molecule has 5 nitrogen and oxygen atoms in total. The number of nitrogens with zero attached hydrogens (tertiary/aromatic N) is 2. The van der Waals surface area contributed by atoms with Crippen molar-refractivity contribution in [2.75, 3.05) is 13.1 Å². The molecule has 0 aromatic carbocycles. The van der Waals surface area contributed by atoms with Gasteiger partial charge in [0.25, 0.3) is 0 Å². The van der Waals surface area contributed by atoms with Crippen molar-refractivity contribution < 1.29 is 0 Å². The summed E-state index contributed by atoms with van der Waals surface area (Å²) in [7, 11) is 0. The molecule has 2 N–H and O–H groups in total. The fourth-order valence-electron chi connectivity index (χ4n) is 2.43. The highest BCUT2D eigenvalue weighted by Crippen LogP contribution is 2.19. The first kappa shape index (κ1) is 11.7. The molecule has 1 fully saturated rings. The van der Waals surface area contributed by atoms with Crippen LogP contribution in [0.2, 0.25) is 0 Å². The maximum absolute atomic E-state index is 11.8. The highest BCUT2D eigenvalue weighted by Gasteiger charge is 2.18. The third kappa shape index (κ3) is 2.26. The number of hydrogen-bond acceptors (Lipinski definition) is 4. The van der Waals surface area contributed by atoms with Gasteiger partial charge in [-0.05, 0) is 49.4 Å². The molecule has 6 heteroatoms. The van der Waals surface area contributed by atoms with Gasteiger partial charge in [-0.15, -0.1) is 11.3 Å². The lowest BCUT2D eigenvalue weighted by atomic mass is 9.94. The molecule has 3 heterocycles. The Morgan fingerprint density at radius 2 is 2.28 bits per heavy atom. The summed E-state index contributed by atoms with van der Waals surface area (Å²) in [6, 6.07) is 3.90. The lowest BCUT2D eigenvalue weighted by Crippen LogP contribution is -2.29. The summed E-state index contributed by atoms with van der Waals surface area (Å²) in [6.07, 6.45) is 3.19. The van der Waals surface area contributed by atoms with Crippen LogP contribution in [0.1, 0.15) is 18.7 Å². The summed E-state index contributed by atoms with van der Waals surface area (Å²) < 4.78 is 1.70. The molecule has 2 aromatic heterocycles. The molecular weight excluding hydrogens is 248 g/mol. The van der Waals surface area contributed by atoms with E-state index in [0.29, 0.717) is 5.92 Å². The molecular formula is C12H16N4OS. The summed E-state index contributed by atoms with van der Waals surface area (Å²) >= 11 is 1.56. The Kier molecular flexibility index (Phi) is 3.29. The van der Waals surface area contributed by atoms with Crippen molar-refractivity contribution in [1.29, 1.82) is 0 Å². The average Bonchev–Trinajstić information content (AvgIpc) is 3.01. The van der Waals surface area contributed by atoms with Crippen LogP contribution in [0.4, 0.5) is 0 Å². The van der Waals surface area contributed by atoms with E-state index in [1.54, 1.807) is 15.9 Å². The van der Waals surface area contributed by atoms with Crippen molar-refractivity contribution in [3.63, 3.8) is 0 Å². The fraction of sp³-hybridized carbons (Fsp3) is 0.500. The quantitative estimate of drug-likeness (QED) is 0.874. The lowest BCUT2D eigenvalue weighted by molar-refractivity contribution is 0.365. The van der Waals surface area contributed by atoms with Crippen LogP contribution >= 0.6 is 11.3 Å². The van der Waals surface area contributed by atoms with Crippen molar-refractivity contribution in [3.8, 4) is 5.00 Å². The second-order valence-corrected chi connectivity index (χ2v) is 5.56. The van der Waals surface area contributed by atoms with Crippen LogP contribution in [-0.2, 0) is 6.42 Å². The van der Waals surface area contributed by atoms with Gasteiger partial charge in [-0.2, -0.15) is 5.10 Å². The number of hydrogen-bond donors (Lipinski definition) is 2. The van der Waals surface area contributed by atoms with Crippen LogP contribution in [0.15, 0.2) is 22.3 Å². The number of piperidine rings is 1. The van der Waals surface area contributed by atoms with Crippen LogP contribution in [0, 0.1) is 5.92 Å². The first-order valence-electron chi connectivity index (χ1n) is 6.25. The van der Waals surface area contributed by atoms with E-state index in [-0.39, 0.29) is 5.69 Å². The molecule has 1 aliphatic heterocycles. The van der Waals surface area contributed by atoms with E-state index < -0.39 is 0 Å². The second-order valence-electron chi connectivity index (χ2n) is 4.63. The molecule has 0 unspecified atom stereocenters. The normalized spacial score (nSPS) is 17.1. The summed E-state index contributed by atoms with van der Waals surface area (Å²) in [4.78, 5) is 11.8. The van der Waals surface area contributed by atoms with Gasteiger partial charge in [-0.3, -0.25) is 0 Å². The van der Waals surface area contributed by atoms with Crippen molar-refractivity contribution in [2.45, 2.75) is 19.3 Å². The Morgan fingerprint density at radius 1 is 1.44 bits per heavy atom. The summed E-state index contributed by atoms with van der Waals surface area (Å²) in [5.41, 5.74) is -0.138. The number of aromatic amines is 1. The molecule has 0 saturated carbocycles. The van der Waals surface area contributed by atoms with Gasteiger partial charge in [-0.1, -0.05) is 0 Å². The van der Waals surface area contributed by atoms with E-state index in [9.17, 15) is 4.79 Å². The van der Waals surface area contributed by atoms with E-state index >= 15 is 0 Å². The Balaban J connectivity index is 1.86. The van der Waals surface area contributed by atoms with Crippen LogP contribution in [-0.4, -0.2) is 27.9 Å². The third-order valence-electron chi connectivity index (χ3n) is 3.40. The Bertz CT molecular complexity index is 551. The maximum Gasteiger partial charge on any atom is 0.348 e. The maximum atomic E-state index is 11.8. The summed E-state index contributed by atoms with van der Waals surface area (Å²) in [5.74, 6) is 1.48. The summed E-state index contributed by atoms with van der Waals surface area (Å²) in [5, 5.41) is 13.0. The number of rotatable bonds is 3. The molecule has 1 aliphatic rings. The third-order valence-corrected chi connectivity index (χ3v) is 4.25. The van der Waals surface area contributed by atoms with E-state index in [4.69, 9.17) is 0 Å². The van der Waals surface area contributed by atoms with Crippen LogP contribution in [0.3, 0.4) is 0 Å². The first-order chi connectivity index (χ1) is 8.84. The van der Waals surface area contributed by atoms with Crippen LogP contribution < -0.4 is 11.0 Å². The summed E-state index contributed by atoms with van der Waals surface area (Å²) in [6.45, 7) is 2.14. The van der Waals surface area contributed by atoms with Gasteiger partial charge in [0.15, 0.2) is 0 Å². The fourth-order valence-corrected chi connectivity index (χ4v) is 3.18. The molecule has 0 bridgehead atoms. The SMILES string of the molecule is O=c1[nH]nc(CC2CCNCC2)n1-c1cccs1. The number of thiophene rings is 1. The highest BCUT2D eigenvalue weighted by molar-refractivity contribution is 7.12. The molecule has 0 amide bonds. The second kappa shape index (κ2) is 5.07. The zero-order valence-electron chi connectivity index (χ0n) is 10.1. The monoisotopic (exact) mass is 264 g/mol. The number of nitrogens with one attached hydrogen (secondary N) is 2. The molecule has 0 spiro atoms. The molecule has 0 aliphatic carbocycles. The van der Waals surface area contributed by atoms with Gasteiger partial charge in [0, 0.05) is 6.42 Å². The van der Waals surface area contributed by atoms with Crippen molar-refractivity contribution in [1.82, 2.24) is 20.1 Å². The molecule has 0 atom stereocenters. The first-order valence-corrected chi connectivity index (χ1v) is 7.13. The van der Waals surface area contributed by atoms with Crippen LogP contribution in [0.25, 0.3) is 5.00 Å². The molecule has 0 radical (unpaired) electrons. The zero-order chi connectivity index (χ0) is 12.4. The highest BCUT2D eigenvalue weighted by atomic mass is 32.1. The Morgan fingerprint density at radius 3 is 3.00 bits per heavy atom. The van der Waals surface area contributed by atoms with Crippen molar-refractivity contribution in [2.24, 2.45) is 5.92 Å². The minimum Gasteiger partial charge on any atom is -0.317 e. The topological polar surface area (TPSA) is 62.7 Å². The van der Waals surface area contributed by atoms with Gasteiger partial charge >= 0.3 is 5.69 Å². The van der Waals surface area contributed by atoms with Crippen LogP contribution in [0.5, 0.6) is 0 Å². The van der Waals surface area contributed by atoms with E-state index in [2.05, 4.69) is 15.5 Å². The Hall–Kier alpha value is -1.40. The minimum atomic E-state index is -0.138. The largest absolute Gasteiger partial charge is 0.348 e. The predicted molar refractivity (Wildman–Crippen MR) is 71.4 cm³/mol. The average molecular weight is 264 g/mol. The molecule has 96 valence electrons. The van der Waals surface area contributed by atoms with Gasteiger partial charge in [0.2, 0.25) is 0 Å². The number of aromatic nitrogens is 3. The Labute approximate surface area is 109 Å². The predicted octanol–water partition coefficient (Wildman–Crippen LogP) is 1.16. The number of H-pyrrole nitrogens is 1. The standard InChI is InChI=1S/C12H16N4OS/c17-12-15-14-10(8-9-3-5-13-6-4-9)16(12)11-2-1-7-18-11/h1-2,7,9,13H,3-6,8H2,(H,15,17). The molecule has 1 saturated heterocycles.